The van der Waals surface area contributed by atoms with Gasteiger partial charge in [-0.25, -0.2) is 4.39 Å². The van der Waals surface area contributed by atoms with E-state index < -0.39 is 0 Å². The third-order valence-electron chi connectivity index (χ3n) is 2.64. The van der Waals surface area contributed by atoms with Gasteiger partial charge in [-0.2, -0.15) is 0 Å². The molecule has 0 unspecified atom stereocenters. The highest BCUT2D eigenvalue weighted by Crippen LogP contribution is 2.10. The molecule has 0 bridgehead atoms. The Morgan fingerprint density at radius 3 is 2.75 bits per heavy atom. The third-order valence-corrected chi connectivity index (χ3v) is 2.64. The van der Waals surface area contributed by atoms with E-state index in [9.17, 15) is 4.39 Å². The van der Waals surface area contributed by atoms with Crippen molar-refractivity contribution < 1.29 is 13.9 Å². The van der Waals surface area contributed by atoms with E-state index in [0.29, 0.717) is 25.4 Å². The zero-order chi connectivity index (χ0) is 14.6. The summed E-state index contributed by atoms with van der Waals surface area (Å²) >= 11 is 0. The number of rotatable bonds is 8. The summed E-state index contributed by atoms with van der Waals surface area (Å²) in [4.78, 5) is 0. The molecule has 110 valence electrons. The molecule has 3 nitrogen and oxygen atoms in total. The van der Waals surface area contributed by atoms with Crippen molar-refractivity contribution >= 4 is 0 Å². The first-order valence-electron chi connectivity index (χ1n) is 6.90. The number of hydrogen-bond acceptors (Lipinski definition) is 3. The number of hydrogen-bond donors (Lipinski definition) is 1. The summed E-state index contributed by atoms with van der Waals surface area (Å²) in [5.74, 6) is 5.02. The summed E-state index contributed by atoms with van der Waals surface area (Å²) in [5.41, 5.74) is 6.53. The number of benzene rings is 1. The molecule has 0 aliphatic rings. The molecule has 20 heavy (non-hydrogen) atoms. The molecule has 0 saturated carbocycles. The van der Waals surface area contributed by atoms with Gasteiger partial charge in [0, 0.05) is 6.61 Å². The van der Waals surface area contributed by atoms with Crippen molar-refractivity contribution in [2.75, 3.05) is 26.4 Å². The molecule has 0 radical (unpaired) electrons. The lowest BCUT2D eigenvalue weighted by Gasteiger charge is -2.06. The van der Waals surface area contributed by atoms with Crippen LogP contribution in [0, 0.1) is 17.7 Å². The molecule has 0 aliphatic carbocycles. The fourth-order valence-electron chi connectivity index (χ4n) is 1.56. The van der Waals surface area contributed by atoms with E-state index in [2.05, 4.69) is 18.8 Å². The molecule has 4 heteroatoms. The maximum absolute atomic E-state index is 13.5. The summed E-state index contributed by atoms with van der Waals surface area (Å²) in [6.07, 6.45) is 2.20. The lowest BCUT2D eigenvalue weighted by atomic mass is 10.1. The monoisotopic (exact) mass is 279 g/mol. The van der Waals surface area contributed by atoms with Gasteiger partial charge in [-0.3, -0.25) is 0 Å². The predicted molar refractivity (Wildman–Crippen MR) is 77.7 cm³/mol. The van der Waals surface area contributed by atoms with Crippen molar-refractivity contribution in [2.24, 2.45) is 5.73 Å². The van der Waals surface area contributed by atoms with Gasteiger partial charge in [0.1, 0.15) is 5.82 Å². The first-order chi connectivity index (χ1) is 9.77. The minimum absolute atomic E-state index is 0.218. The second kappa shape index (κ2) is 10.4. The van der Waals surface area contributed by atoms with Crippen molar-refractivity contribution in [1.82, 2.24) is 0 Å². The quantitative estimate of drug-likeness (QED) is 0.587. The average Bonchev–Trinajstić information content (AvgIpc) is 2.46. The molecular weight excluding hydrogens is 257 g/mol. The normalized spacial score (nSPS) is 10.2. The molecule has 0 aliphatic heterocycles. The fourth-order valence-corrected chi connectivity index (χ4v) is 1.56. The third kappa shape index (κ3) is 6.67. The standard InChI is InChI=1S/C16H22FNO2/c1-2-3-9-19-10-11-20-13-14-6-7-16(17)15(12-14)5-4-8-18/h6-7,12H,2-3,8-11,13,18H2,1H3. The Hall–Kier alpha value is -1.41. The highest BCUT2D eigenvalue weighted by Gasteiger charge is 2.01. The molecule has 1 aromatic carbocycles. The van der Waals surface area contributed by atoms with E-state index in [1.54, 1.807) is 12.1 Å². The van der Waals surface area contributed by atoms with E-state index in [4.69, 9.17) is 15.2 Å². The first kappa shape index (κ1) is 16.6. The molecule has 1 rings (SSSR count). The van der Waals surface area contributed by atoms with Crippen molar-refractivity contribution in [3.05, 3.63) is 35.1 Å². The topological polar surface area (TPSA) is 44.5 Å². The summed E-state index contributed by atoms with van der Waals surface area (Å²) in [6, 6.07) is 4.79. The van der Waals surface area contributed by atoms with Gasteiger partial charge in [-0.15, -0.1) is 0 Å². The SMILES string of the molecule is CCCCOCCOCc1ccc(F)c(C#CCN)c1. The maximum Gasteiger partial charge on any atom is 0.138 e. The van der Waals surface area contributed by atoms with Crippen LogP contribution in [-0.2, 0) is 16.1 Å². The van der Waals surface area contributed by atoms with Gasteiger partial charge in [-0.05, 0) is 24.1 Å². The van der Waals surface area contributed by atoms with Crippen LogP contribution < -0.4 is 5.73 Å². The van der Waals surface area contributed by atoms with Crippen LogP contribution in [0.4, 0.5) is 4.39 Å². The number of ether oxygens (including phenoxy) is 2. The first-order valence-corrected chi connectivity index (χ1v) is 6.90. The zero-order valence-electron chi connectivity index (χ0n) is 12.0. The highest BCUT2D eigenvalue weighted by molar-refractivity contribution is 5.38. The largest absolute Gasteiger partial charge is 0.379 e. The molecule has 0 spiro atoms. The van der Waals surface area contributed by atoms with Crippen LogP contribution in [0.5, 0.6) is 0 Å². The Bertz CT molecular complexity index is 452. The van der Waals surface area contributed by atoms with Crippen LogP contribution in [0.15, 0.2) is 18.2 Å². The summed E-state index contributed by atoms with van der Waals surface area (Å²) in [6.45, 7) is 4.66. The van der Waals surface area contributed by atoms with Gasteiger partial charge < -0.3 is 15.2 Å². The van der Waals surface area contributed by atoms with E-state index in [-0.39, 0.29) is 12.4 Å². The summed E-state index contributed by atoms with van der Waals surface area (Å²) in [5, 5.41) is 0. The van der Waals surface area contributed by atoms with Gasteiger partial charge >= 0.3 is 0 Å². The van der Waals surface area contributed by atoms with Crippen LogP contribution in [-0.4, -0.2) is 26.4 Å². The molecule has 0 saturated heterocycles. The second-order valence-corrected chi connectivity index (χ2v) is 4.34. The predicted octanol–water partition coefficient (Wildman–Crippen LogP) is 2.47. The van der Waals surface area contributed by atoms with Crippen LogP contribution in [0.1, 0.15) is 30.9 Å². The van der Waals surface area contributed by atoms with Crippen molar-refractivity contribution in [2.45, 2.75) is 26.4 Å². The Morgan fingerprint density at radius 1 is 1.20 bits per heavy atom. The van der Waals surface area contributed by atoms with Crippen molar-refractivity contribution in [3.8, 4) is 11.8 Å². The van der Waals surface area contributed by atoms with Crippen LogP contribution in [0.25, 0.3) is 0 Å². The molecule has 1 aromatic rings. The Kier molecular flexibility index (Phi) is 8.64. The van der Waals surface area contributed by atoms with Crippen LogP contribution >= 0.6 is 0 Å². The second-order valence-electron chi connectivity index (χ2n) is 4.34. The zero-order valence-corrected chi connectivity index (χ0v) is 12.0. The van der Waals surface area contributed by atoms with E-state index in [1.165, 1.54) is 6.07 Å². The highest BCUT2D eigenvalue weighted by atomic mass is 19.1. The van der Waals surface area contributed by atoms with Crippen molar-refractivity contribution in [3.63, 3.8) is 0 Å². The molecule has 2 N–H and O–H groups in total. The van der Waals surface area contributed by atoms with E-state index in [1.807, 2.05) is 0 Å². The van der Waals surface area contributed by atoms with E-state index >= 15 is 0 Å². The smallest absolute Gasteiger partial charge is 0.138 e. The average molecular weight is 279 g/mol. The minimum Gasteiger partial charge on any atom is -0.379 e. The molecule has 0 atom stereocenters. The Morgan fingerprint density at radius 2 is 2.00 bits per heavy atom. The maximum atomic E-state index is 13.5. The summed E-state index contributed by atoms with van der Waals surface area (Å²) < 4.78 is 24.3. The molecule has 0 amide bonds. The lowest BCUT2D eigenvalue weighted by Crippen LogP contribution is -2.05. The molecule has 0 fully saturated rings. The van der Waals surface area contributed by atoms with Gasteiger partial charge in [0.2, 0.25) is 0 Å². The molecule has 0 aromatic heterocycles. The van der Waals surface area contributed by atoms with Gasteiger partial charge in [-0.1, -0.05) is 31.3 Å². The Balaban J connectivity index is 2.33. The van der Waals surface area contributed by atoms with Gasteiger partial charge in [0.15, 0.2) is 0 Å². The fraction of sp³-hybridized carbons (Fsp3) is 0.500. The minimum atomic E-state index is -0.336. The van der Waals surface area contributed by atoms with Crippen LogP contribution in [0.2, 0.25) is 0 Å². The summed E-state index contributed by atoms with van der Waals surface area (Å²) in [7, 11) is 0. The van der Waals surface area contributed by atoms with Gasteiger partial charge in [0.25, 0.3) is 0 Å². The number of nitrogens with two attached hydrogens (primary N) is 1. The molecule has 0 heterocycles. The Labute approximate surface area is 120 Å². The van der Waals surface area contributed by atoms with Crippen molar-refractivity contribution in [1.29, 1.82) is 0 Å². The number of halogens is 1. The lowest BCUT2D eigenvalue weighted by molar-refractivity contribution is 0.0396. The number of unbranched alkanes of at least 4 members (excludes halogenated alkanes) is 1. The van der Waals surface area contributed by atoms with Crippen LogP contribution in [0.3, 0.4) is 0 Å². The van der Waals surface area contributed by atoms with Gasteiger partial charge in [0.05, 0.1) is 31.9 Å². The molecular formula is C16H22FNO2. The van der Waals surface area contributed by atoms with E-state index in [0.717, 1.165) is 25.0 Å².